The number of hydrogen-bond acceptors (Lipinski definition) is 11. The summed E-state index contributed by atoms with van der Waals surface area (Å²) >= 11 is 0. The van der Waals surface area contributed by atoms with Crippen molar-refractivity contribution in [1.82, 2.24) is 5.32 Å². The molecule has 1 amide bonds. The Morgan fingerprint density at radius 3 is 2.12 bits per heavy atom. The molecule has 0 spiro atoms. The van der Waals surface area contributed by atoms with Crippen molar-refractivity contribution in [3.63, 3.8) is 0 Å². The second-order valence-corrected chi connectivity index (χ2v) is 9.14. The average molecular weight is 481 g/mol. The quantitative estimate of drug-likeness (QED) is 0.186. The lowest BCUT2D eigenvalue weighted by molar-refractivity contribution is -0.340. The van der Waals surface area contributed by atoms with E-state index in [0.29, 0.717) is 0 Å². The van der Waals surface area contributed by atoms with E-state index in [1.54, 1.807) is 13.8 Å². The van der Waals surface area contributed by atoms with Gasteiger partial charge in [0, 0.05) is 6.92 Å². The third-order valence-corrected chi connectivity index (χ3v) is 5.47. The Balaban J connectivity index is 2.31. The van der Waals surface area contributed by atoms with Gasteiger partial charge < -0.3 is 54.9 Å². The van der Waals surface area contributed by atoms with Crippen molar-refractivity contribution >= 4 is 11.9 Å². The molecule has 6 unspecified atom stereocenters. The summed E-state index contributed by atoms with van der Waals surface area (Å²) in [4.78, 5) is 23.4. The van der Waals surface area contributed by atoms with Crippen molar-refractivity contribution < 1.29 is 59.2 Å². The molecule has 10 atom stereocenters. The number of ether oxygens (including phenoxy) is 4. The van der Waals surface area contributed by atoms with Crippen LogP contribution < -0.4 is 5.32 Å². The van der Waals surface area contributed by atoms with E-state index < -0.39 is 91.4 Å². The SMILES string of the molecule is CC(=O)NC1C(O)[C@H](O[C@@H]2OC(C(=O)O)[C@@H](OC(C)C)C(O)C2O)C(CO)O[C@H]1C(C)(C)O. The third kappa shape index (κ3) is 6.38. The Kier molecular flexibility index (Phi) is 9.18. The molecule has 0 aliphatic carbocycles. The molecule has 192 valence electrons. The highest BCUT2D eigenvalue weighted by molar-refractivity contribution is 5.74. The number of carbonyl (C=O) groups is 2. The summed E-state index contributed by atoms with van der Waals surface area (Å²) in [5.74, 6) is -2.01. The minimum atomic E-state index is -1.78. The van der Waals surface area contributed by atoms with Gasteiger partial charge in [-0.1, -0.05) is 0 Å². The van der Waals surface area contributed by atoms with E-state index in [4.69, 9.17) is 18.9 Å². The van der Waals surface area contributed by atoms with Gasteiger partial charge in [0.1, 0.15) is 42.7 Å². The Labute approximate surface area is 191 Å². The van der Waals surface area contributed by atoms with E-state index in [-0.39, 0.29) is 0 Å². The first-order chi connectivity index (χ1) is 15.2. The lowest BCUT2D eigenvalue weighted by Gasteiger charge is -2.49. The molecule has 2 aliphatic heterocycles. The number of nitrogens with one attached hydrogen (secondary N) is 1. The third-order valence-electron chi connectivity index (χ3n) is 5.47. The lowest BCUT2D eigenvalue weighted by atomic mass is 9.84. The van der Waals surface area contributed by atoms with Gasteiger partial charge in [0.15, 0.2) is 12.4 Å². The van der Waals surface area contributed by atoms with Crippen molar-refractivity contribution in [3.8, 4) is 0 Å². The van der Waals surface area contributed by atoms with Crippen LogP contribution >= 0.6 is 0 Å². The molecular formula is C20H35NO12. The Morgan fingerprint density at radius 1 is 1.06 bits per heavy atom. The van der Waals surface area contributed by atoms with E-state index in [0.717, 1.165) is 0 Å². The maximum atomic E-state index is 11.7. The zero-order valence-electron chi connectivity index (χ0n) is 19.2. The summed E-state index contributed by atoms with van der Waals surface area (Å²) in [6.07, 6.45) is -14.2. The van der Waals surface area contributed by atoms with Crippen LogP contribution in [0.4, 0.5) is 0 Å². The Bertz CT molecular complexity index is 682. The molecule has 2 aliphatic rings. The highest BCUT2D eigenvalue weighted by Gasteiger charge is 2.55. The first-order valence-corrected chi connectivity index (χ1v) is 10.7. The normalized spacial score (nSPS) is 40.0. The highest BCUT2D eigenvalue weighted by atomic mass is 16.7. The molecule has 2 heterocycles. The minimum Gasteiger partial charge on any atom is -0.479 e. The van der Waals surface area contributed by atoms with Crippen LogP contribution in [0.3, 0.4) is 0 Å². The van der Waals surface area contributed by atoms with E-state index >= 15 is 0 Å². The van der Waals surface area contributed by atoms with Gasteiger partial charge >= 0.3 is 5.97 Å². The van der Waals surface area contributed by atoms with Crippen LogP contribution in [0.15, 0.2) is 0 Å². The van der Waals surface area contributed by atoms with Gasteiger partial charge in [-0.25, -0.2) is 4.79 Å². The van der Waals surface area contributed by atoms with Crippen LogP contribution in [0.5, 0.6) is 0 Å². The van der Waals surface area contributed by atoms with Crippen molar-refractivity contribution in [2.45, 2.75) is 107 Å². The van der Waals surface area contributed by atoms with Gasteiger partial charge in [-0.3, -0.25) is 4.79 Å². The predicted octanol–water partition coefficient (Wildman–Crippen LogP) is -2.91. The van der Waals surface area contributed by atoms with Crippen LogP contribution in [0.1, 0.15) is 34.6 Å². The predicted molar refractivity (Wildman–Crippen MR) is 109 cm³/mol. The number of aliphatic hydroxyl groups excluding tert-OH is 4. The molecule has 13 nitrogen and oxygen atoms in total. The maximum absolute atomic E-state index is 11.7. The number of carboxylic acids is 1. The van der Waals surface area contributed by atoms with Crippen LogP contribution in [0.2, 0.25) is 0 Å². The highest BCUT2D eigenvalue weighted by Crippen LogP contribution is 2.33. The standard InChI is InChI=1S/C20H35NO12/c1-7(2)30-15-12(25)13(26)19(33-16(15)18(27)28)32-14-9(6-22)31-17(20(4,5)29)10(11(14)24)21-8(3)23/h7,9-17,19,22,24-26,29H,6H2,1-5H3,(H,21,23)(H,27,28)/t9?,10?,11?,12?,13?,14-,15+,16?,17-,19-/m1/s1. The van der Waals surface area contributed by atoms with Gasteiger partial charge in [0.05, 0.1) is 24.4 Å². The number of aliphatic carboxylic acids is 1. The molecule has 0 bridgehead atoms. The zero-order valence-corrected chi connectivity index (χ0v) is 19.2. The zero-order chi connectivity index (χ0) is 25.2. The molecule has 2 saturated heterocycles. The van der Waals surface area contributed by atoms with Crippen molar-refractivity contribution in [3.05, 3.63) is 0 Å². The van der Waals surface area contributed by atoms with Crippen molar-refractivity contribution in [2.24, 2.45) is 0 Å². The van der Waals surface area contributed by atoms with E-state index in [1.165, 1.54) is 20.8 Å². The Morgan fingerprint density at radius 2 is 1.67 bits per heavy atom. The van der Waals surface area contributed by atoms with E-state index in [2.05, 4.69) is 5.32 Å². The second kappa shape index (κ2) is 10.9. The average Bonchev–Trinajstić information content (AvgIpc) is 2.68. The smallest absolute Gasteiger partial charge is 0.335 e. The molecule has 0 saturated carbocycles. The summed E-state index contributed by atoms with van der Waals surface area (Å²) in [5.41, 5.74) is -1.54. The molecule has 0 aromatic heterocycles. The summed E-state index contributed by atoms with van der Waals surface area (Å²) in [7, 11) is 0. The summed E-state index contributed by atoms with van der Waals surface area (Å²) in [5, 5.41) is 64.2. The fourth-order valence-electron chi connectivity index (χ4n) is 4.04. The molecule has 0 aromatic rings. The summed E-state index contributed by atoms with van der Waals surface area (Å²) < 4.78 is 22.1. The Hall–Kier alpha value is -1.42. The number of amides is 1. The number of aliphatic hydroxyl groups is 5. The molecule has 13 heteroatoms. The molecule has 2 rings (SSSR count). The van der Waals surface area contributed by atoms with Crippen molar-refractivity contribution in [2.75, 3.05) is 6.61 Å². The fourth-order valence-corrected chi connectivity index (χ4v) is 4.04. The minimum absolute atomic E-state index is 0.482. The number of hydrogen-bond donors (Lipinski definition) is 7. The summed E-state index contributed by atoms with van der Waals surface area (Å²) in [6, 6.07) is -1.19. The van der Waals surface area contributed by atoms with Crippen LogP contribution in [-0.2, 0) is 28.5 Å². The maximum Gasteiger partial charge on any atom is 0.335 e. The van der Waals surface area contributed by atoms with Crippen LogP contribution in [0.25, 0.3) is 0 Å². The fraction of sp³-hybridized carbons (Fsp3) is 0.900. The largest absolute Gasteiger partial charge is 0.479 e. The second-order valence-electron chi connectivity index (χ2n) is 9.14. The number of carbonyl (C=O) groups excluding carboxylic acids is 1. The van der Waals surface area contributed by atoms with Gasteiger partial charge in [0.2, 0.25) is 5.91 Å². The molecule has 7 N–H and O–H groups in total. The van der Waals surface area contributed by atoms with Crippen LogP contribution in [0, 0.1) is 0 Å². The van der Waals surface area contributed by atoms with Crippen LogP contribution in [-0.4, -0.2) is 122 Å². The molecule has 2 fully saturated rings. The molecule has 0 aromatic carbocycles. The van der Waals surface area contributed by atoms with Gasteiger partial charge in [0.25, 0.3) is 0 Å². The first kappa shape index (κ1) is 27.8. The van der Waals surface area contributed by atoms with Gasteiger partial charge in [-0.15, -0.1) is 0 Å². The summed E-state index contributed by atoms with van der Waals surface area (Å²) in [6.45, 7) is 6.52. The van der Waals surface area contributed by atoms with E-state index in [1.807, 2.05) is 0 Å². The molecule has 33 heavy (non-hydrogen) atoms. The lowest BCUT2D eigenvalue weighted by Crippen LogP contribution is -2.70. The topological polar surface area (TPSA) is 204 Å². The monoisotopic (exact) mass is 481 g/mol. The molecule has 0 radical (unpaired) electrons. The van der Waals surface area contributed by atoms with Gasteiger partial charge in [-0.2, -0.15) is 0 Å². The first-order valence-electron chi connectivity index (χ1n) is 10.7. The van der Waals surface area contributed by atoms with Gasteiger partial charge in [-0.05, 0) is 27.7 Å². The number of carboxylic acid groups (broad SMARTS) is 1. The number of rotatable bonds is 8. The van der Waals surface area contributed by atoms with E-state index in [9.17, 15) is 40.2 Å². The molecular weight excluding hydrogens is 446 g/mol. The van der Waals surface area contributed by atoms with Crippen molar-refractivity contribution in [1.29, 1.82) is 0 Å².